The Hall–Kier alpha value is -2.15. The molecule has 0 spiro atoms. The number of hydrogen-bond donors (Lipinski definition) is 2. The molecular weight excluding hydrogens is 278 g/mol. The fraction of sp³-hybridized carbons (Fsp3) is 0.308. The lowest BCUT2D eigenvalue weighted by Crippen LogP contribution is -2.21. The van der Waals surface area contributed by atoms with Crippen LogP contribution in [0.25, 0.3) is 0 Å². The summed E-state index contributed by atoms with van der Waals surface area (Å²) < 4.78 is 1.59. The SMILES string of the molecule is Cc1cc(C)n(CC(=O)Nc2c(C)csc2C(=O)O)n1. The highest BCUT2D eigenvalue weighted by atomic mass is 32.1. The minimum absolute atomic E-state index is 0.0635. The zero-order valence-corrected chi connectivity index (χ0v) is 12.2. The van der Waals surface area contributed by atoms with E-state index in [-0.39, 0.29) is 17.3 Å². The molecule has 0 aliphatic rings. The van der Waals surface area contributed by atoms with Crippen molar-refractivity contribution in [3.8, 4) is 0 Å². The molecule has 7 heteroatoms. The molecule has 0 bridgehead atoms. The molecule has 6 nitrogen and oxygen atoms in total. The monoisotopic (exact) mass is 293 g/mol. The van der Waals surface area contributed by atoms with E-state index < -0.39 is 5.97 Å². The first-order valence-electron chi connectivity index (χ1n) is 6.00. The topological polar surface area (TPSA) is 84.2 Å². The number of aryl methyl sites for hydroxylation is 3. The molecular formula is C13H15N3O3S. The lowest BCUT2D eigenvalue weighted by Gasteiger charge is -2.07. The maximum atomic E-state index is 12.0. The van der Waals surface area contributed by atoms with Gasteiger partial charge in [0.25, 0.3) is 0 Å². The van der Waals surface area contributed by atoms with E-state index in [1.165, 1.54) is 0 Å². The van der Waals surface area contributed by atoms with Crippen LogP contribution in [0.5, 0.6) is 0 Å². The molecule has 2 aromatic heterocycles. The van der Waals surface area contributed by atoms with Gasteiger partial charge in [0.1, 0.15) is 11.4 Å². The van der Waals surface area contributed by atoms with Gasteiger partial charge in [0.15, 0.2) is 0 Å². The van der Waals surface area contributed by atoms with Crippen molar-refractivity contribution in [1.82, 2.24) is 9.78 Å². The molecule has 0 aliphatic heterocycles. The number of anilines is 1. The predicted molar refractivity (Wildman–Crippen MR) is 76.3 cm³/mol. The van der Waals surface area contributed by atoms with E-state index in [1.807, 2.05) is 19.9 Å². The van der Waals surface area contributed by atoms with Crippen molar-refractivity contribution >= 4 is 28.9 Å². The third-order valence-corrected chi connectivity index (χ3v) is 3.92. The Morgan fingerprint density at radius 1 is 1.40 bits per heavy atom. The number of carbonyl (C=O) groups excluding carboxylic acids is 1. The lowest BCUT2D eigenvalue weighted by molar-refractivity contribution is -0.116. The molecule has 0 fully saturated rings. The second-order valence-electron chi connectivity index (χ2n) is 4.56. The summed E-state index contributed by atoms with van der Waals surface area (Å²) in [4.78, 5) is 23.2. The van der Waals surface area contributed by atoms with Crippen molar-refractivity contribution < 1.29 is 14.7 Å². The largest absolute Gasteiger partial charge is 0.477 e. The Balaban J connectivity index is 2.14. The first kappa shape index (κ1) is 14.3. The number of nitrogens with one attached hydrogen (secondary N) is 1. The smallest absolute Gasteiger partial charge is 0.348 e. The van der Waals surface area contributed by atoms with Crippen molar-refractivity contribution in [2.45, 2.75) is 27.3 Å². The van der Waals surface area contributed by atoms with Gasteiger partial charge in [-0.15, -0.1) is 11.3 Å². The number of rotatable bonds is 4. The number of aromatic nitrogens is 2. The Kier molecular flexibility index (Phi) is 3.89. The Morgan fingerprint density at radius 2 is 2.10 bits per heavy atom. The van der Waals surface area contributed by atoms with Gasteiger partial charge in [-0.05, 0) is 37.8 Å². The number of amides is 1. The van der Waals surface area contributed by atoms with Crippen LogP contribution in [-0.4, -0.2) is 26.8 Å². The zero-order chi connectivity index (χ0) is 14.9. The van der Waals surface area contributed by atoms with Crippen molar-refractivity contribution in [1.29, 1.82) is 0 Å². The van der Waals surface area contributed by atoms with Gasteiger partial charge in [-0.2, -0.15) is 5.10 Å². The molecule has 106 valence electrons. The van der Waals surface area contributed by atoms with Gasteiger partial charge in [0.2, 0.25) is 5.91 Å². The first-order chi connectivity index (χ1) is 9.38. The quantitative estimate of drug-likeness (QED) is 0.905. The minimum Gasteiger partial charge on any atom is -0.477 e. The highest BCUT2D eigenvalue weighted by Crippen LogP contribution is 2.27. The van der Waals surface area contributed by atoms with Crippen molar-refractivity contribution in [2.75, 3.05) is 5.32 Å². The fourth-order valence-corrected chi connectivity index (χ4v) is 2.75. The van der Waals surface area contributed by atoms with E-state index >= 15 is 0 Å². The van der Waals surface area contributed by atoms with Crippen molar-refractivity contribution in [2.24, 2.45) is 0 Å². The van der Waals surface area contributed by atoms with Gasteiger partial charge >= 0.3 is 5.97 Å². The van der Waals surface area contributed by atoms with Gasteiger partial charge < -0.3 is 10.4 Å². The van der Waals surface area contributed by atoms with Crippen LogP contribution in [-0.2, 0) is 11.3 Å². The van der Waals surface area contributed by atoms with Crippen molar-refractivity contribution in [3.63, 3.8) is 0 Å². The zero-order valence-electron chi connectivity index (χ0n) is 11.4. The van der Waals surface area contributed by atoms with E-state index in [2.05, 4.69) is 10.4 Å². The molecule has 0 saturated heterocycles. The first-order valence-corrected chi connectivity index (χ1v) is 6.88. The molecule has 2 aromatic rings. The van der Waals surface area contributed by atoms with Crippen LogP contribution in [0.1, 0.15) is 26.6 Å². The molecule has 0 saturated carbocycles. The number of carboxylic acid groups (broad SMARTS) is 1. The fourth-order valence-electron chi connectivity index (χ4n) is 1.91. The third-order valence-electron chi connectivity index (χ3n) is 2.83. The van der Waals surface area contributed by atoms with Crippen molar-refractivity contribution in [3.05, 3.63) is 33.3 Å². The molecule has 2 heterocycles. The van der Waals surface area contributed by atoms with Crippen LogP contribution >= 0.6 is 11.3 Å². The molecule has 2 rings (SSSR count). The predicted octanol–water partition coefficient (Wildman–Crippen LogP) is 2.21. The highest BCUT2D eigenvalue weighted by Gasteiger charge is 2.17. The summed E-state index contributed by atoms with van der Waals surface area (Å²) >= 11 is 1.10. The average Bonchev–Trinajstić information content (AvgIpc) is 2.84. The van der Waals surface area contributed by atoms with E-state index in [0.29, 0.717) is 5.69 Å². The van der Waals surface area contributed by atoms with Crippen LogP contribution in [0.2, 0.25) is 0 Å². The summed E-state index contributed by atoms with van der Waals surface area (Å²) in [6.45, 7) is 5.55. The molecule has 0 atom stereocenters. The minimum atomic E-state index is -1.04. The van der Waals surface area contributed by atoms with Crippen LogP contribution in [0.4, 0.5) is 5.69 Å². The molecule has 1 amide bonds. The molecule has 0 aromatic carbocycles. The Bertz CT molecular complexity index is 672. The van der Waals surface area contributed by atoms with Crippen LogP contribution < -0.4 is 5.32 Å². The Labute approximate surface area is 120 Å². The molecule has 0 unspecified atom stereocenters. The van der Waals surface area contributed by atoms with E-state index in [0.717, 1.165) is 28.3 Å². The van der Waals surface area contributed by atoms with Crippen LogP contribution in [0.3, 0.4) is 0 Å². The van der Waals surface area contributed by atoms with Gasteiger partial charge in [-0.25, -0.2) is 4.79 Å². The lowest BCUT2D eigenvalue weighted by atomic mass is 10.2. The molecule has 20 heavy (non-hydrogen) atoms. The molecule has 0 aliphatic carbocycles. The second-order valence-corrected chi connectivity index (χ2v) is 5.44. The summed E-state index contributed by atoms with van der Waals surface area (Å²) in [6.07, 6.45) is 0. The Morgan fingerprint density at radius 3 is 2.65 bits per heavy atom. The van der Waals surface area contributed by atoms with E-state index in [1.54, 1.807) is 17.0 Å². The summed E-state index contributed by atoms with van der Waals surface area (Å²) in [7, 11) is 0. The summed E-state index contributed by atoms with van der Waals surface area (Å²) in [5.74, 6) is -1.33. The maximum Gasteiger partial charge on any atom is 0.348 e. The molecule has 0 radical (unpaired) electrons. The summed E-state index contributed by atoms with van der Waals surface area (Å²) in [5, 5.41) is 17.6. The highest BCUT2D eigenvalue weighted by molar-refractivity contribution is 7.12. The van der Waals surface area contributed by atoms with Gasteiger partial charge in [0.05, 0.1) is 11.4 Å². The standard InChI is InChI=1S/C13H15N3O3S/c1-7-6-20-12(13(18)19)11(7)14-10(17)5-16-9(3)4-8(2)15-16/h4,6H,5H2,1-3H3,(H,14,17)(H,18,19). The second kappa shape index (κ2) is 5.46. The maximum absolute atomic E-state index is 12.0. The number of aromatic carboxylic acids is 1. The number of carboxylic acids is 1. The number of carbonyl (C=O) groups is 2. The molecule has 2 N–H and O–H groups in total. The van der Waals surface area contributed by atoms with E-state index in [4.69, 9.17) is 5.11 Å². The number of thiophene rings is 1. The van der Waals surface area contributed by atoms with Crippen LogP contribution in [0, 0.1) is 20.8 Å². The van der Waals surface area contributed by atoms with E-state index in [9.17, 15) is 9.59 Å². The third kappa shape index (κ3) is 2.88. The van der Waals surface area contributed by atoms with Gasteiger partial charge in [-0.3, -0.25) is 9.48 Å². The average molecular weight is 293 g/mol. The number of nitrogens with zero attached hydrogens (tertiary/aromatic N) is 2. The summed E-state index contributed by atoms with van der Waals surface area (Å²) in [6, 6.07) is 1.88. The normalized spacial score (nSPS) is 10.6. The van der Waals surface area contributed by atoms with Gasteiger partial charge in [-0.1, -0.05) is 0 Å². The van der Waals surface area contributed by atoms with Gasteiger partial charge in [0, 0.05) is 5.69 Å². The number of hydrogen-bond acceptors (Lipinski definition) is 4. The van der Waals surface area contributed by atoms with Crippen LogP contribution in [0.15, 0.2) is 11.4 Å². The summed E-state index contributed by atoms with van der Waals surface area (Å²) in [5.41, 5.74) is 2.84.